The molecule has 0 atom stereocenters. The fourth-order valence-corrected chi connectivity index (χ4v) is 2.65. The second-order valence-electron chi connectivity index (χ2n) is 4.33. The molecule has 1 aliphatic carbocycles. The van der Waals surface area contributed by atoms with Crippen LogP contribution in [0.1, 0.15) is 30.5 Å². The monoisotopic (exact) mass is 253 g/mol. The molecule has 17 heavy (non-hydrogen) atoms. The SMILES string of the molecule is CSCCCOc1cc[n+]([O-])c2c1CCCC2. The number of rotatable bonds is 5. The summed E-state index contributed by atoms with van der Waals surface area (Å²) in [5.74, 6) is 2.05. The largest absolute Gasteiger partial charge is 0.618 e. The molecule has 0 unspecified atom stereocenters. The molecule has 0 fully saturated rings. The molecule has 0 saturated heterocycles. The highest BCUT2D eigenvalue weighted by atomic mass is 32.2. The standard InChI is InChI=1S/C13H19NO2S/c1-17-10-4-9-16-13-7-8-14(15)12-6-3-2-5-11(12)13/h7-8H,2-6,9-10H2,1H3. The van der Waals surface area contributed by atoms with E-state index in [0.717, 1.165) is 66.2 Å². The minimum atomic E-state index is 0.746. The first-order valence-electron chi connectivity index (χ1n) is 6.18. The van der Waals surface area contributed by atoms with Gasteiger partial charge in [-0.1, -0.05) is 0 Å². The van der Waals surface area contributed by atoms with E-state index in [2.05, 4.69) is 6.26 Å². The van der Waals surface area contributed by atoms with Crippen LogP contribution in [-0.4, -0.2) is 18.6 Å². The van der Waals surface area contributed by atoms with E-state index < -0.39 is 0 Å². The molecule has 0 radical (unpaired) electrons. The molecule has 0 bridgehead atoms. The first-order chi connectivity index (χ1) is 8.33. The number of ether oxygens (including phenoxy) is 1. The van der Waals surface area contributed by atoms with Gasteiger partial charge >= 0.3 is 0 Å². The number of fused-ring (bicyclic) bond motifs is 1. The highest BCUT2D eigenvalue weighted by Gasteiger charge is 2.21. The molecular weight excluding hydrogens is 234 g/mol. The van der Waals surface area contributed by atoms with E-state index in [1.807, 2.05) is 17.8 Å². The second kappa shape index (κ2) is 6.15. The highest BCUT2D eigenvalue weighted by Crippen LogP contribution is 2.27. The summed E-state index contributed by atoms with van der Waals surface area (Å²) in [6, 6.07) is 1.82. The molecule has 0 aromatic carbocycles. The van der Waals surface area contributed by atoms with Crippen molar-refractivity contribution in [2.75, 3.05) is 18.6 Å². The van der Waals surface area contributed by atoms with Gasteiger partial charge in [-0.15, -0.1) is 0 Å². The minimum absolute atomic E-state index is 0.746. The number of hydrogen-bond donors (Lipinski definition) is 0. The Morgan fingerprint density at radius 1 is 1.41 bits per heavy atom. The van der Waals surface area contributed by atoms with Crippen molar-refractivity contribution in [2.45, 2.75) is 32.1 Å². The zero-order chi connectivity index (χ0) is 12.1. The molecule has 0 N–H and O–H groups in total. The average molecular weight is 253 g/mol. The Hall–Kier alpha value is -0.900. The van der Waals surface area contributed by atoms with Gasteiger partial charge in [0, 0.05) is 12.5 Å². The molecule has 1 aromatic heterocycles. The van der Waals surface area contributed by atoms with Gasteiger partial charge in [0.1, 0.15) is 5.75 Å². The van der Waals surface area contributed by atoms with E-state index in [1.165, 1.54) is 0 Å². The fourth-order valence-electron chi connectivity index (χ4n) is 2.24. The van der Waals surface area contributed by atoms with Crippen LogP contribution in [0.15, 0.2) is 12.3 Å². The smallest absolute Gasteiger partial charge is 0.199 e. The van der Waals surface area contributed by atoms with Crippen LogP contribution in [0.3, 0.4) is 0 Å². The van der Waals surface area contributed by atoms with Crippen LogP contribution in [0.2, 0.25) is 0 Å². The van der Waals surface area contributed by atoms with Gasteiger partial charge in [-0.3, -0.25) is 0 Å². The van der Waals surface area contributed by atoms with E-state index in [4.69, 9.17) is 4.74 Å². The number of hydrogen-bond acceptors (Lipinski definition) is 3. The summed E-state index contributed by atoms with van der Waals surface area (Å²) in [5.41, 5.74) is 2.05. The summed E-state index contributed by atoms with van der Waals surface area (Å²) in [4.78, 5) is 0. The third-order valence-electron chi connectivity index (χ3n) is 3.11. The lowest BCUT2D eigenvalue weighted by molar-refractivity contribution is -0.615. The van der Waals surface area contributed by atoms with Gasteiger partial charge in [0.05, 0.1) is 12.2 Å². The lowest BCUT2D eigenvalue weighted by Crippen LogP contribution is -2.34. The molecule has 0 aliphatic heterocycles. The van der Waals surface area contributed by atoms with Crippen LogP contribution in [-0.2, 0) is 12.8 Å². The van der Waals surface area contributed by atoms with Crippen molar-refractivity contribution < 1.29 is 9.47 Å². The number of nitrogens with zero attached hydrogens (tertiary/aromatic N) is 1. The lowest BCUT2D eigenvalue weighted by Gasteiger charge is -2.18. The molecule has 4 heteroatoms. The van der Waals surface area contributed by atoms with Crippen LogP contribution >= 0.6 is 11.8 Å². The normalized spacial score (nSPS) is 14.4. The molecule has 1 heterocycles. The van der Waals surface area contributed by atoms with Crippen molar-refractivity contribution in [2.24, 2.45) is 0 Å². The van der Waals surface area contributed by atoms with Crippen LogP contribution in [0, 0.1) is 5.21 Å². The van der Waals surface area contributed by atoms with Crippen LogP contribution in [0.25, 0.3) is 0 Å². The Labute approximate surface area is 107 Å². The fraction of sp³-hybridized carbons (Fsp3) is 0.615. The average Bonchev–Trinajstić information content (AvgIpc) is 2.37. The van der Waals surface area contributed by atoms with Crippen LogP contribution in [0.4, 0.5) is 0 Å². The Morgan fingerprint density at radius 2 is 2.24 bits per heavy atom. The molecule has 0 amide bonds. The summed E-state index contributed by atoms with van der Waals surface area (Å²) >= 11 is 1.83. The van der Waals surface area contributed by atoms with Crippen LogP contribution < -0.4 is 9.47 Å². The van der Waals surface area contributed by atoms with Crippen molar-refractivity contribution in [1.82, 2.24) is 0 Å². The minimum Gasteiger partial charge on any atom is -0.618 e. The lowest BCUT2D eigenvalue weighted by atomic mass is 9.95. The van der Waals surface area contributed by atoms with Gasteiger partial charge < -0.3 is 9.94 Å². The topological polar surface area (TPSA) is 36.2 Å². The predicted molar refractivity (Wildman–Crippen MR) is 70.5 cm³/mol. The van der Waals surface area contributed by atoms with E-state index in [-0.39, 0.29) is 0 Å². The molecule has 1 aromatic rings. The first-order valence-corrected chi connectivity index (χ1v) is 7.58. The van der Waals surface area contributed by atoms with Gasteiger partial charge in [-0.05, 0) is 37.7 Å². The summed E-state index contributed by atoms with van der Waals surface area (Å²) < 4.78 is 6.80. The van der Waals surface area contributed by atoms with E-state index in [9.17, 15) is 5.21 Å². The molecule has 0 saturated carbocycles. The number of aromatic nitrogens is 1. The predicted octanol–water partition coefficient (Wildman–Crippen LogP) is 2.33. The summed E-state index contributed by atoms with van der Waals surface area (Å²) in [5, 5.41) is 11.7. The van der Waals surface area contributed by atoms with Gasteiger partial charge in [0.15, 0.2) is 11.9 Å². The van der Waals surface area contributed by atoms with Crippen molar-refractivity contribution in [3.63, 3.8) is 0 Å². The van der Waals surface area contributed by atoms with Gasteiger partial charge in [-0.2, -0.15) is 16.5 Å². The third kappa shape index (κ3) is 3.06. The zero-order valence-electron chi connectivity index (χ0n) is 10.3. The van der Waals surface area contributed by atoms with Gasteiger partial charge in [0.25, 0.3) is 0 Å². The molecule has 1 aliphatic rings. The molecule has 94 valence electrons. The quantitative estimate of drug-likeness (QED) is 0.459. The van der Waals surface area contributed by atoms with E-state index in [1.54, 1.807) is 6.20 Å². The Kier molecular flexibility index (Phi) is 4.54. The van der Waals surface area contributed by atoms with Crippen molar-refractivity contribution in [1.29, 1.82) is 0 Å². The van der Waals surface area contributed by atoms with Crippen LogP contribution in [0.5, 0.6) is 5.75 Å². The Balaban J connectivity index is 2.06. The molecule has 2 rings (SSSR count). The second-order valence-corrected chi connectivity index (χ2v) is 5.32. The maximum atomic E-state index is 11.7. The molecule has 0 spiro atoms. The Morgan fingerprint density at radius 3 is 3.06 bits per heavy atom. The molecular formula is C13H19NO2S. The summed E-state index contributed by atoms with van der Waals surface area (Å²) in [6.07, 6.45) is 8.89. The van der Waals surface area contributed by atoms with Gasteiger partial charge in [-0.25, -0.2) is 0 Å². The van der Waals surface area contributed by atoms with Crippen molar-refractivity contribution >= 4 is 11.8 Å². The maximum absolute atomic E-state index is 11.7. The highest BCUT2D eigenvalue weighted by molar-refractivity contribution is 7.98. The van der Waals surface area contributed by atoms with Crippen molar-refractivity contribution in [3.8, 4) is 5.75 Å². The van der Waals surface area contributed by atoms with E-state index >= 15 is 0 Å². The first kappa shape index (κ1) is 12.6. The van der Waals surface area contributed by atoms with Crippen molar-refractivity contribution in [3.05, 3.63) is 28.7 Å². The maximum Gasteiger partial charge on any atom is 0.199 e. The summed E-state index contributed by atoms with van der Waals surface area (Å²) in [7, 11) is 0. The summed E-state index contributed by atoms with van der Waals surface area (Å²) in [6.45, 7) is 0.746. The number of thioether (sulfide) groups is 1. The van der Waals surface area contributed by atoms with Gasteiger partial charge in [0.2, 0.25) is 0 Å². The third-order valence-corrected chi connectivity index (χ3v) is 3.81. The zero-order valence-corrected chi connectivity index (χ0v) is 11.1. The Bertz CT molecular complexity index is 382. The molecule has 3 nitrogen and oxygen atoms in total. The van der Waals surface area contributed by atoms with E-state index in [0.29, 0.717) is 0 Å². The number of pyridine rings is 1.